The predicted molar refractivity (Wildman–Crippen MR) is 185 cm³/mol. The van der Waals surface area contributed by atoms with Crippen LogP contribution >= 0.6 is 11.3 Å². The zero-order chi connectivity index (χ0) is 33.7. The maximum atomic E-state index is 14.7. The maximum Gasteiger partial charge on any atom is 0.418 e. The molecule has 4 aromatic heterocycles. The van der Waals surface area contributed by atoms with E-state index in [9.17, 15) is 22.0 Å². The summed E-state index contributed by atoms with van der Waals surface area (Å²) in [5, 5.41) is 5.34. The lowest BCUT2D eigenvalue weighted by Gasteiger charge is -2.16. The van der Waals surface area contributed by atoms with Crippen LogP contribution in [0.15, 0.2) is 133 Å². The van der Waals surface area contributed by atoms with Crippen LogP contribution in [0.3, 0.4) is 0 Å². The Morgan fingerprint density at radius 2 is 1.31 bits per heavy atom. The van der Waals surface area contributed by atoms with Gasteiger partial charge in [0.1, 0.15) is 11.6 Å². The third-order valence-corrected chi connectivity index (χ3v) is 9.25. The third kappa shape index (κ3) is 5.72. The molecule has 8 rings (SSSR count). The molecule has 0 N–H and O–H groups in total. The number of aromatic nitrogens is 3. The van der Waals surface area contributed by atoms with Gasteiger partial charge in [0.15, 0.2) is 0 Å². The van der Waals surface area contributed by atoms with Crippen LogP contribution < -0.4 is 0 Å². The number of hydrogen-bond donors (Lipinski definition) is 0. The standard InChI is InChI=1S/C40H22F5N3S/c41-28-10-13-31(33(42)22-28)34-15-14-32(40(43,44)45)38(47-34)26-9-12-30-27(20-26)21-35(48-37(30)23-5-2-1-3-6-23)25-8-11-29-24(19-25)16-17-46-39(29)36-7-4-18-49-36/h1-22H. The first-order chi connectivity index (χ1) is 23.7. The highest BCUT2D eigenvalue weighted by molar-refractivity contribution is 7.13. The molecule has 0 fully saturated rings. The Bertz CT molecular complexity index is 2510. The molecular formula is C40H22F5N3S. The van der Waals surface area contributed by atoms with Crippen molar-refractivity contribution >= 4 is 32.9 Å². The van der Waals surface area contributed by atoms with E-state index in [0.717, 1.165) is 62.1 Å². The van der Waals surface area contributed by atoms with Crippen LogP contribution in [0.1, 0.15) is 5.56 Å². The molecule has 4 heterocycles. The van der Waals surface area contributed by atoms with E-state index in [4.69, 9.17) is 4.98 Å². The van der Waals surface area contributed by atoms with E-state index in [0.29, 0.717) is 22.8 Å². The van der Waals surface area contributed by atoms with E-state index in [-0.39, 0.29) is 22.5 Å². The first-order valence-corrected chi connectivity index (χ1v) is 16.1. The number of nitrogens with zero attached hydrogens (tertiary/aromatic N) is 3. The molecule has 0 aliphatic heterocycles. The summed E-state index contributed by atoms with van der Waals surface area (Å²) in [6.07, 6.45) is -2.97. The van der Waals surface area contributed by atoms with Gasteiger partial charge in [0.2, 0.25) is 0 Å². The minimum Gasteiger partial charge on any atom is -0.255 e. The largest absolute Gasteiger partial charge is 0.418 e. The fourth-order valence-corrected chi connectivity index (χ4v) is 6.81. The Morgan fingerprint density at radius 3 is 2.06 bits per heavy atom. The fraction of sp³-hybridized carbons (Fsp3) is 0.0250. The van der Waals surface area contributed by atoms with Crippen molar-refractivity contribution in [2.24, 2.45) is 0 Å². The van der Waals surface area contributed by atoms with Crippen molar-refractivity contribution in [1.29, 1.82) is 0 Å². The topological polar surface area (TPSA) is 38.7 Å². The first kappa shape index (κ1) is 30.5. The number of pyridine rings is 3. The zero-order valence-electron chi connectivity index (χ0n) is 25.3. The van der Waals surface area contributed by atoms with Gasteiger partial charge in [-0.05, 0) is 70.7 Å². The lowest BCUT2D eigenvalue weighted by molar-refractivity contribution is -0.137. The Morgan fingerprint density at radius 1 is 0.551 bits per heavy atom. The van der Waals surface area contributed by atoms with Gasteiger partial charge in [0, 0.05) is 45.3 Å². The van der Waals surface area contributed by atoms with Crippen LogP contribution in [-0.4, -0.2) is 15.0 Å². The molecule has 0 unspecified atom stereocenters. The van der Waals surface area contributed by atoms with E-state index in [1.165, 1.54) is 0 Å². The number of hydrogen-bond acceptors (Lipinski definition) is 4. The molecule has 0 spiro atoms. The second kappa shape index (κ2) is 12.0. The quantitative estimate of drug-likeness (QED) is 0.171. The van der Waals surface area contributed by atoms with Crippen molar-refractivity contribution in [2.45, 2.75) is 6.18 Å². The SMILES string of the molecule is Fc1ccc(-c2ccc(C(F)(F)F)c(-c3ccc4c(-c5ccccc5)nc(-c5ccc6c(-c7cccs7)nccc6c5)cc4c3)n2)c(F)c1. The summed E-state index contributed by atoms with van der Waals surface area (Å²) in [7, 11) is 0. The van der Waals surface area contributed by atoms with Crippen molar-refractivity contribution in [1.82, 2.24) is 15.0 Å². The van der Waals surface area contributed by atoms with Gasteiger partial charge >= 0.3 is 6.18 Å². The predicted octanol–water partition coefficient (Wildman–Crippen LogP) is 11.9. The molecule has 0 saturated heterocycles. The molecule has 3 nitrogen and oxygen atoms in total. The molecule has 238 valence electrons. The highest BCUT2D eigenvalue weighted by atomic mass is 32.1. The molecule has 0 amide bonds. The minimum atomic E-state index is -4.74. The van der Waals surface area contributed by atoms with Crippen LogP contribution in [0.4, 0.5) is 22.0 Å². The Labute approximate surface area is 281 Å². The summed E-state index contributed by atoms with van der Waals surface area (Å²) in [6, 6.07) is 33.2. The van der Waals surface area contributed by atoms with Gasteiger partial charge < -0.3 is 0 Å². The molecule has 0 aliphatic carbocycles. The fourth-order valence-electron chi connectivity index (χ4n) is 6.07. The molecule has 8 aromatic rings. The van der Waals surface area contributed by atoms with Gasteiger partial charge in [-0.15, -0.1) is 11.3 Å². The minimum absolute atomic E-state index is 0.0476. The van der Waals surface area contributed by atoms with Crippen LogP contribution in [0, 0.1) is 11.6 Å². The molecule has 0 radical (unpaired) electrons. The van der Waals surface area contributed by atoms with E-state index in [2.05, 4.69) is 9.97 Å². The zero-order valence-corrected chi connectivity index (χ0v) is 26.2. The smallest absolute Gasteiger partial charge is 0.255 e. The second-order valence-electron chi connectivity index (χ2n) is 11.4. The van der Waals surface area contributed by atoms with E-state index >= 15 is 0 Å². The molecule has 0 saturated carbocycles. The van der Waals surface area contributed by atoms with Crippen molar-refractivity contribution < 1.29 is 22.0 Å². The average Bonchev–Trinajstić information content (AvgIpc) is 3.65. The summed E-state index contributed by atoms with van der Waals surface area (Å²) in [4.78, 5) is 15.0. The summed E-state index contributed by atoms with van der Waals surface area (Å²) in [5.74, 6) is -1.72. The number of rotatable bonds is 5. The summed E-state index contributed by atoms with van der Waals surface area (Å²) >= 11 is 1.61. The average molecular weight is 672 g/mol. The highest BCUT2D eigenvalue weighted by Gasteiger charge is 2.35. The van der Waals surface area contributed by atoms with Gasteiger partial charge in [-0.3, -0.25) is 4.98 Å². The maximum absolute atomic E-state index is 14.7. The Hall–Kier alpha value is -5.80. The summed E-state index contributed by atoms with van der Waals surface area (Å²) in [6.45, 7) is 0. The molecule has 4 aromatic carbocycles. The van der Waals surface area contributed by atoms with Crippen molar-refractivity contribution in [2.75, 3.05) is 0 Å². The third-order valence-electron chi connectivity index (χ3n) is 8.37. The monoisotopic (exact) mass is 671 g/mol. The second-order valence-corrected chi connectivity index (χ2v) is 12.4. The van der Waals surface area contributed by atoms with Gasteiger partial charge in [0.05, 0.1) is 38.9 Å². The van der Waals surface area contributed by atoms with Crippen molar-refractivity contribution in [3.8, 4) is 55.6 Å². The molecule has 9 heteroatoms. The van der Waals surface area contributed by atoms with Gasteiger partial charge in [-0.25, -0.2) is 18.7 Å². The van der Waals surface area contributed by atoms with Crippen LogP contribution in [0.5, 0.6) is 0 Å². The lowest BCUT2D eigenvalue weighted by atomic mass is 9.96. The highest BCUT2D eigenvalue weighted by Crippen LogP contribution is 2.40. The van der Waals surface area contributed by atoms with E-state index in [1.807, 2.05) is 78.2 Å². The Kier molecular flexibility index (Phi) is 7.49. The molecule has 0 atom stereocenters. The van der Waals surface area contributed by atoms with Crippen molar-refractivity contribution in [3.05, 3.63) is 150 Å². The number of thiophene rings is 1. The van der Waals surface area contributed by atoms with E-state index < -0.39 is 23.4 Å². The van der Waals surface area contributed by atoms with Crippen LogP contribution in [-0.2, 0) is 6.18 Å². The summed E-state index contributed by atoms with van der Waals surface area (Å²) in [5.41, 5.74) is 2.54. The Balaban J connectivity index is 1.32. The van der Waals surface area contributed by atoms with Crippen LogP contribution in [0.25, 0.3) is 77.1 Å². The van der Waals surface area contributed by atoms with Crippen LogP contribution in [0.2, 0.25) is 0 Å². The summed E-state index contributed by atoms with van der Waals surface area (Å²) < 4.78 is 71.4. The number of fused-ring (bicyclic) bond motifs is 2. The number of benzene rings is 4. The first-order valence-electron chi connectivity index (χ1n) is 15.2. The molecule has 49 heavy (non-hydrogen) atoms. The lowest BCUT2D eigenvalue weighted by Crippen LogP contribution is -2.09. The van der Waals surface area contributed by atoms with E-state index in [1.54, 1.807) is 35.7 Å². The van der Waals surface area contributed by atoms with Gasteiger partial charge in [-0.1, -0.05) is 60.7 Å². The normalized spacial score (nSPS) is 11.8. The number of halogens is 5. The molecule has 0 aliphatic rings. The van der Waals surface area contributed by atoms with Gasteiger partial charge in [-0.2, -0.15) is 13.2 Å². The van der Waals surface area contributed by atoms with Crippen molar-refractivity contribution in [3.63, 3.8) is 0 Å². The molecular weight excluding hydrogens is 650 g/mol. The molecule has 0 bridgehead atoms. The number of alkyl halides is 3. The van der Waals surface area contributed by atoms with Gasteiger partial charge in [0.25, 0.3) is 0 Å².